The van der Waals surface area contributed by atoms with Crippen molar-refractivity contribution in [1.29, 1.82) is 0 Å². The highest BCUT2D eigenvalue weighted by Crippen LogP contribution is 2.29. The maximum absolute atomic E-state index is 10.9. The molecule has 0 bridgehead atoms. The monoisotopic (exact) mass is 293 g/mol. The highest BCUT2D eigenvalue weighted by molar-refractivity contribution is 5.68. The average molecular weight is 293 g/mol. The minimum Gasteiger partial charge on any atom is -0.489 e. The van der Waals surface area contributed by atoms with Gasteiger partial charge in [-0.3, -0.25) is 4.79 Å². The van der Waals surface area contributed by atoms with E-state index in [1.807, 2.05) is 38.1 Å². The van der Waals surface area contributed by atoms with Crippen LogP contribution in [0.4, 0.5) is 5.69 Å². The van der Waals surface area contributed by atoms with Gasteiger partial charge in [0.2, 0.25) is 0 Å². The van der Waals surface area contributed by atoms with Crippen LogP contribution in [0.5, 0.6) is 5.75 Å². The Kier molecular flexibility index (Phi) is 7.06. The van der Waals surface area contributed by atoms with E-state index in [4.69, 9.17) is 9.84 Å². The minimum absolute atomic E-state index is 0.0950. The van der Waals surface area contributed by atoms with Gasteiger partial charge in [0.15, 0.2) is 0 Å². The Morgan fingerprint density at radius 1 is 1.19 bits per heavy atom. The summed E-state index contributed by atoms with van der Waals surface area (Å²) in [6.07, 6.45) is 1.25. The van der Waals surface area contributed by atoms with Crippen molar-refractivity contribution in [2.45, 2.75) is 46.6 Å². The van der Waals surface area contributed by atoms with Crippen LogP contribution < -0.4 is 9.64 Å². The van der Waals surface area contributed by atoms with Crippen LogP contribution in [0.2, 0.25) is 0 Å². The normalized spacial score (nSPS) is 11.0. The highest BCUT2D eigenvalue weighted by atomic mass is 16.5. The number of anilines is 1. The van der Waals surface area contributed by atoms with Crippen LogP contribution in [-0.2, 0) is 4.79 Å². The summed E-state index contributed by atoms with van der Waals surface area (Å²) in [6.45, 7) is 9.67. The Labute approximate surface area is 127 Å². The topological polar surface area (TPSA) is 49.8 Å². The van der Waals surface area contributed by atoms with Crippen LogP contribution in [0.25, 0.3) is 0 Å². The standard InChI is InChI=1S/C17H27NO3/c1-13(2)9-11-18(12-10-17(19)20)15-7-5-6-8-16(15)21-14(3)4/h5-8,13-14H,9-12H2,1-4H3,(H,19,20). The van der Waals surface area contributed by atoms with Crippen molar-refractivity contribution in [2.75, 3.05) is 18.0 Å². The molecule has 0 saturated heterocycles. The van der Waals surface area contributed by atoms with Gasteiger partial charge in [-0.25, -0.2) is 0 Å². The average Bonchev–Trinajstić information content (AvgIpc) is 2.39. The highest BCUT2D eigenvalue weighted by Gasteiger charge is 2.14. The largest absolute Gasteiger partial charge is 0.489 e. The number of ether oxygens (including phenoxy) is 1. The van der Waals surface area contributed by atoms with Gasteiger partial charge in [-0.1, -0.05) is 26.0 Å². The summed E-state index contributed by atoms with van der Waals surface area (Å²) in [5.41, 5.74) is 0.980. The molecule has 4 nitrogen and oxygen atoms in total. The number of carboxylic acids is 1. The maximum atomic E-state index is 10.9. The van der Waals surface area contributed by atoms with Gasteiger partial charge in [0, 0.05) is 13.1 Å². The van der Waals surface area contributed by atoms with E-state index in [0.717, 1.165) is 24.4 Å². The van der Waals surface area contributed by atoms with Gasteiger partial charge in [0.1, 0.15) is 5.75 Å². The first kappa shape index (κ1) is 17.3. The lowest BCUT2D eigenvalue weighted by Crippen LogP contribution is -2.29. The number of hydrogen-bond donors (Lipinski definition) is 1. The molecule has 1 rings (SSSR count). The van der Waals surface area contributed by atoms with E-state index in [0.29, 0.717) is 12.5 Å². The number of nitrogens with zero attached hydrogens (tertiary/aromatic N) is 1. The Morgan fingerprint density at radius 2 is 1.86 bits per heavy atom. The Hall–Kier alpha value is -1.71. The molecule has 0 aliphatic carbocycles. The molecule has 0 heterocycles. The SMILES string of the molecule is CC(C)CCN(CCC(=O)O)c1ccccc1OC(C)C. The molecule has 0 aliphatic heterocycles. The zero-order valence-electron chi connectivity index (χ0n) is 13.5. The molecule has 0 atom stereocenters. The summed E-state index contributed by atoms with van der Waals surface area (Å²) in [5.74, 6) is 0.629. The van der Waals surface area contributed by atoms with Crippen LogP contribution in [0.1, 0.15) is 40.5 Å². The van der Waals surface area contributed by atoms with E-state index < -0.39 is 5.97 Å². The number of carbonyl (C=O) groups is 1. The van der Waals surface area contributed by atoms with Crippen molar-refractivity contribution < 1.29 is 14.6 Å². The maximum Gasteiger partial charge on any atom is 0.305 e. The second kappa shape index (κ2) is 8.55. The van der Waals surface area contributed by atoms with Crippen LogP contribution in [0.15, 0.2) is 24.3 Å². The van der Waals surface area contributed by atoms with Gasteiger partial charge in [-0.05, 0) is 38.3 Å². The molecule has 0 unspecified atom stereocenters. The molecule has 21 heavy (non-hydrogen) atoms. The minimum atomic E-state index is -0.771. The molecule has 1 aromatic rings. The van der Waals surface area contributed by atoms with E-state index in [-0.39, 0.29) is 12.5 Å². The van der Waals surface area contributed by atoms with Gasteiger partial charge in [-0.2, -0.15) is 0 Å². The molecule has 0 spiro atoms. The lowest BCUT2D eigenvalue weighted by atomic mass is 10.1. The molecule has 0 aromatic heterocycles. The quantitative estimate of drug-likeness (QED) is 0.752. The van der Waals surface area contributed by atoms with Crippen LogP contribution >= 0.6 is 0 Å². The molecule has 0 fully saturated rings. The molecule has 1 aromatic carbocycles. The molecule has 118 valence electrons. The molecule has 1 N–H and O–H groups in total. The number of benzene rings is 1. The summed E-state index contributed by atoms with van der Waals surface area (Å²) in [4.78, 5) is 13.0. The molecular formula is C17H27NO3. The number of carboxylic acid groups (broad SMARTS) is 1. The van der Waals surface area contributed by atoms with Crippen LogP contribution in [0.3, 0.4) is 0 Å². The second-order valence-corrected chi connectivity index (χ2v) is 5.95. The van der Waals surface area contributed by atoms with Crippen molar-refractivity contribution in [3.05, 3.63) is 24.3 Å². The number of para-hydroxylation sites is 2. The van der Waals surface area contributed by atoms with E-state index in [1.54, 1.807) is 0 Å². The Balaban J connectivity index is 2.91. The second-order valence-electron chi connectivity index (χ2n) is 5.95. The van der Waals surface area contributed by atoms with Crippen molar-refractivity contribution in [3.63, 3.8) is 0 Å². The summed E-state index contributed by atoms with van der Waals surface area (Å²) in [5, 5.41) is 8.94. The lowest BCUT2D eigenvalue weighted by Gasteiger charge is -2.27. The predicted octanol–water partition coefficient (Wildman–Crippen LogP) is 3.80. The van der Waals surface area contributed by atoms with Gasteiger partial charge < -0.3 is 14.7 Å². The van der Waals surface area contributed by atoms with Crippen molar-refractivity contribution in [2.24, 2.45) is 5.92 Å². The summed E-state index contributed by atoms with van der Waals surface area (Å²) in [6, 6.07) is 7.85. The van der Waals surface area contributed by atoms with E-state index in [9.17, 15) is 4.79 Å². The first-order valence-electron chi connectivity index (χ1n) is 7.62. The summed E-state index contributed by atoms with van der Waals surface area (Å²) >= 11 is 0. The zero-order chi connectivity index (χ0) is 15.8. The molecule has 4 heteroatoms. The predicted molar refractivity (Wildman–Crippen MR) is 86.1 cm³/mol. The molecule has 0 aliphatic rings. The van der Waals surface area contributed by atoms with Gasteiger partial charge in [0.25, 0.3) is 0 Å². The van der Waals surface area contributed by atoms with Crippen LogP contribution in [-0.4, -0.2) is 30.3 Å². The third kappa shape index (κ3) is 6.52. The summed E-state index contributed by atoms with van der Waals surface area (Å²) in [7, 11) is 0. The molecular weight excluding hydrogens is 266 g/mol. The third-order valence-corrected chi connectivity index (χ3v) is 3.14. The number of hydrogen-bond acceptors (Lipinski definition) is 3. The fourth-order valence-corrected chi connectivity index (χ4v) is 2.07. The van der Waals surface area contributed by atoms with Crippen molar-refractivity contribution in [3.8, 4) is 5.75 Å². The fourth-order valence-electron chi connectivity index (χ4n) is 2.07. The van der Waals surface area contributed by atoms with Crippen molar-refractivity contribution in [1.82, 2.24) is 0 Å². The zero-order valence-corrected chi connectivity index (χ0v) is 13.5. The Morgan fingerprint density at radius 3 is 2.43 bits per heavy atom. The molecule has 0 radical (unpaired) electrons. The van der Waals surface area contributed by atoms with Gasteiger partial charge in [0.05, 0.1) is 18.2 Å². The van der Waals surface area contributed by atoms with Crippen molar-refractivity contribution >= 4 is 11.7 Å². The molecule has 0 amide bonds. The summed E-state index contributed by atoms with van der Waals surface area (Å²) < 4.78 is 5.85. The van der Waals surface area contributed by atoms with Gasteiger partial charge in [-0.15, -0.1) is 0 Å². The molecule has 0 saturated carbocycles. The smallest absolute Gasteiger partial charge is 0.305 e. The first-order valence-corrected chi connectivity index (χ1v) is 7.62. The number of rotatable bonds is 9. The van der Waals surface area contributed by atoms with Crippen LogP contribution in [0, 0.1) is 5.92 Å². The van der Waals surface area contributed by atoms with E-state index >= 15 is 0 Å². The Bertz CT molecular complexity index is 443. The first-order chi connectivity index (χ1) is 9.90. The van der Waals surface area contributed by atoms with E-state index in [2.05, 4.69) is 18.7 Å². The lowest BCUT2D eigenvalue weighted by molar-refractivity contribution is -0.136. The fraction of sp³-hybridized carbons (Fsp3) is 0.588. The third-order valence-electron chi connectivity index (χ3n) is 3.14. The van der Waals surface area contributed by atoms with E-state index in [1.165, 1.54) is 0 Å². The number of aliphatic carboxylic acids is 1. The van der Waals surface area contributed by atoms with Gasteiger partial charge >= 0.3 is 5.97 Å².